The molecule has 0 spiro atoms. The van der Waals surface area contributed by atoms with Crippen molar-refractivity contribution in [2.24, 2.45) is 4.99 Å². The van der Waals surface area contributed by atoms with Crippen molar-refractivity contribution in [1.82, 2.24) is 15.5 Å². The molecular weight excluding hydrogens is 332 g/mol. The number of hydrogen-bond donors (Lipinski definition) is 2. The van der Waals surface area contributed by atoms with Gasteiger partial charge in [0.15, 0.2) is 5.96 Å². The summed E-state index contributed by atoms with van der Waals surface area (Å²) in [5.74, 6) is 0.902. The highest BCUT2D eigenvalue weighted by molar-refractivity contribution is 8.01. The second-order valence-electron chi connectivity index (χ2n) is 6.60. The Labute approximate surface area is 156 Å². The van der Waals surface area contributed by atoms with Crippen molar-refractivity contribution < 1.29 is 4.74 Å². The molecule has 0 unspecified atom stereocenters. The topological polar surface area (TPSA) is 48.9 Å². The molecule has 2 N–H and O–H groups in total. The largest absolute Gasteiger partial charge is 0.383 e. The van der Waals surface area contributed by atoms with Crippen LogP contribution in [0.15, 0.2) is 40.2 Å². The Morgan fingerprint density at radius 1 is 1.24 bits per heavy atom. The van der Waals surface area contributed by atoms with Crippen LogP contribution in [0, 0.1) is 0 Å². The summed E-state index contributed by atoms with van der Waals surface area (Å²) >= 11 is 1.99. The molecule has 1 saturated carbocycles. The highest BCUT2D eigenvalue weighted by atomic mass is 32.2. The number of guanidine groups is 1. The van der Waals surface area contributed by atoms with Gasteiger partial charge in [0, 0.05) is 43.4 Å². The molecule has 0 heterocycles. The molecule has 0 radical (unpaired) electrons. The van der Waals surface area contributed by atoms with Gasteiger partial charge in [-0.1, -0.05) is 18.2 Å². The smallest absolute Gasteiger partial charge is 0.191 e. The predicted octanol–water partition coefficient (Wildman–Crippen LogP) is 2.44. The maximum absolute atomic E-state index is 5.10. The molecule has 25 heavy (non-hydrogen) atoms. The van der Waals surface area contributed by atoms with Crippen LogP contribution in [0.25, 0.3) is 0 Å². The highest BCUT2D eigenvalue weighted by Crippen LogP contribution is 2.51. The zero-order chi connectivity index (χ0) is 18.0. The van der Waals surface area contributed by atoms with Gasteiger partial charge >= 0.3 is 0 Å². The van der Waals surface area contributed by atoms with Crippen molar-refractivity contribution >= 4 is 17.7 Å². The Bertz CT molecular complexity index is 519. The molecule has 1 aromatic rings. The summed E-state index contributed by atoms with van der Waals surface area (Å²) in [4.78, 5) is 7.98. The zero-order valence-corrected chi connectivity index (χ0v) is 16.6. The summed E-state index contributed by atoms with van der Waals surface area (Å²) in [7, 11) is 5.71. The van der Waals surface area contributed by atoms with E-state index in [2.05, 4.69) is 57.9 Å². The van der Waals surface area contributed by atoms with Crippen molar-refractivity contribution in [3.63, 3.8) is 0 Å². The second kappa shape index (κ2) is 10.7. The van der Waals surface area contributed by atoms with Crippen LogP contribution in [0.2, 0.25) is 0 Å². The lowest BCUT2D eigenvalue weighted by Crippen LogP contribution is -2.42. The van der Waals surface area contributed by atoms with E-state index in [1.54, 1.807) is 7.11 Å². The monoisotopic (exact) mass is 364 g/mol. The fraction of sp³-hybridized carbons (Fsp3) is 0.632. The Balaban J connectivity index is 1.63. The van der Waals surface area contributed by atoms with Crippen LogP contribution in [0.3, 0.4) is 0 Å². The predicted molar refractivity (Wildman–Crippen MR) is 108 cm³/mol. The van der Waals surface area contributed by atoms with Crippen molar-refractivity contribution in [1.29, 1.82) is 0 Å². The van der Waals surface area contributed by atoms with Crippen LogP contribution in [0.4, 0.5) is 0 Å². The summed E-state index contributed by atoms with van der Waals surface area (Å²) in [6, 6.07) is 10.7. The van der Waals surface area contributed by atoms with Crippen molar-refractivity contribution in [2.75, 3.05) is 54.0 Å². The average molecular weight is 365 g/mol. The zero-order valence-electron chi connectivity index (χ0n) is 15.8. The Morgan fingerprint density at radius 3 is 2.64 bits per heavy atom. The lowest BCUT2D eigenvalue weighted by molar-refractivity contribution is 0.161. The number of benzene rings is 1. The SMILES string of the molecule is CN=C(NCCCN(C)CCOC)NCC1(Sc2ccccc2)CC1. The third-order valence-electron chi connectivity index (χ3n) is 4.37. The molecule has 0 saturated heterocycles. The van der Waals surface area contributed by atoms with Crippen LogP contribution in [-0.2, 0) is 4.74 Å². The third kappa shape index (κ3) is 7.67. The molecule has 6 heteroatoms. The van der Waals surface area contributed by atoms with Crippen LogP contribution in [0.5, 0.6) is 0 Å². The first-order valence-corrected chi connectivity index (χ1v) is 9.85. The number of rotatable bonds is 11. The first-order chi connectivity index (χ1) is 12.2. The summed E-state index contributed by atoms with van der Waals surface area (Å²) < 4.78 is 5.43. The maximum Gasteiger partial charge on any atom is 0.191 e. The number of hydrogen-bond acceptors (Lipinski definition) is 4. The van der Waals surface area contributed by atoms with E-state index >= 15 is 0 Å². The quantitative estimate of drug-likeness (QED) is 0.359. The van der Waals surface area contributed by atoms with Gasteiger partial charge in [0.05, 0.1) is 6.61 Å². The first kappa shape index (κ1) is 20.1. The van der Waals surface area contributed by atoms with Gasteiger partial charge in [-0.3, -0.25) is 4.99 Å². The van der Waals surface area contributed by atoms with E-state index in [1.807, 2.05) is 18.8 Å². The number of nitrogens with one attached hydrogen (secondary N) is 2. The molecule has 1 aliphatic rings. The summed E-state index contributed by atoms with van der Waals surface area (Å²) in [6.07, 6.45) is 3.62. The molecule has 0 amide bonds. The van der Waals surface area contributed by atoms with E-state index in [4.69, 9.17) is 4.74 Å². The molecule has 0 bridgehead atoms. The van der Waals surface area contributed by atoms with E-state index in [9.17, 15) is 0 Å². The minimum atomic E-state index is 0.333. The Hall–Kier alpha value is -1.24. The Morgan fingerprint density at radius 2 is 2.00 bits per heavy atom. The number of thioether (sulfide) groups is 1. The second-order valence-corrected chi connectivity index (χ2v) is 8.14. The van der Waals surface area contributed by atoms with Gasteiger partial charge in [-0.15, -0.1) is 11.8 Å². The first-order valence-electron chi connectivity index (χ1n) is 9.03. The standard InChI is InChI=1S/C19H32N4OS/c1-20-18(21-12-7-13-23(2)14-15-24-3)22-16-19(10-11-19)25-17-8-5-4-6-9-17/h4-6,8-9H,7,10-16H2,1-3H3,(H2,20,21,22). The van der Waals surface area contributed by atoms with Gasteiger partial charge < -0.3 is 20.3 Å². The minimum Gasteiger partial charge on any atom is -0.383 e. The van der Waals surface area contributed by atoms with E-state index in [1.165, 1.54) is 17.7 Å². The molecule has 5 nitrogen and oxygen atoms in total. The molecule has 1 aliphatic carbocycles. The summed E-state index contributed by atoms with van der Waals surface area (Å²) in [5, 5.41) is 6.92. The molecule has 140 valence electrons. The van der Waals surface area contributed by atoms with Crippen LogP contribution in [-0.4, -0.2) is 69.6 Å². The van der Waals surface area contributed by atoms with E-state index in [-0.39, 0.29) is 0 Å². The number of ether oxygens (including phenoxy) is 1. The van der Waals surface area contributed by atoms with Crippen LogP contribution < -0.4 is 10.6 Å². The van der Waals surface area contributed by atoms with Crippen molar-refractivity contribution in [2.45, 2.75) is 28.9 Å². The van der Waals surface area contributed by atoms with Crippen molar-refractivity contribution in [3.8, 4) is 0 Å². The maximum atomic E-state index is 5.10. The lowest BCUT2D eigenvalue weighted by atomic mass is 10.4. The molecule has 2 rings (SSSR count). The normalized spacial score (nSPS) is 16.1. The van der Waals surface area contributed by atoms with Gasteiger partial charge in [-0.25, -0.2) is 0 Å². The fourth-order valence-corrected chi connectivity index (χ4v) is 3.82. The molecule has 0 aromatic heterocycles. The van der Waals surface area contributed by atoms with Gasteiger partial charge in [0.2, 0.25) is 0 Å². The number of nitrogens with zero attached hydrogens (tertiary/aromatic N) is 2. The van der Waals surface area contributed by atoms with Crippen molar-refractivity contribution in [3.05, 3.63) is 30.3 Å². The highest BCUT2D eigenvalue weighted by Gasteiger charge is 2.43. The average Bonchev–Trinajstić information content (AvgIpc) is 3.39. The third-order valence-corrected chi connectivity index (χ3v) is 5.87. The Kier molecular flexibility index (Phi) is 8.58. The lowest BCUT2D eigenvalue weighted by Gasteiger charge is -2.19. The van der Waals surface area contributed by atoms with Crippen LogP contribution >= 0.6 is 11.8 Å². The molecule has 1 fully saturated rings. The molecule has 0 atom stereocenters. The molecular formula is C19H32N4OS. The number of aliphatic imine (C=N–C) groups is 1. The number of likely N-dealkylation sites (N-methyl/N-ethyl adjacent to an activating group) is 1. The summed E-state index contributed by atoms with van der Waals surface area (Å²) in [5.41, 5.74) is 0. The van der Waals surface area contributed by atoms with E-state index < -0.39 is 0 Å². The van der Waals surface area contributed by atoms with Gasteiger partial charge in [-0.2, -0.15) is 0 Å². The molecule has 1 aromatic carbocycles. The minimum absolute atomic E-state index is 0.333. The van der Waals surface area contributed by atoms with E-state index in [0.717, 1.165) is 45.2 Å². The van der Waals surface area contributed by atoms with Gasteiger partial charge in [0.25, 0.3) is 0 Å². The number of methoxy groups -OCH3 is 1. The van der Waals surface area contributed by atoms with Gasteiger partial charge in [-0.05, 0) is 45.0 Å². The molecule has 0 aliphatic heterocycles. The summed E-state index contributed by atoms with van der Waals surface area (Å²) in [6.45, 7) is 4.70. The van der Waals surface area contributed by atoms with Gasteiger partial charge in [0.1, 0.15) is 0 Å². The van der Waals surface area contributed by atoms with Crippen LogP contribution in [0.1, 0.15) is 19.3 Å². The van der Waals surface area contributed by atoms with E-state index in [0.29, 0.717) is 4.75 Å². The fourth-order valence-electron chi connectivity index (χ4n) is 2.57.